The summed E-state index contributed by atoms with van der Waals surface area (Å²) in [6, 6.07) is 20.1. The summed E-state index contributed by atoms with van der Waals surface area (Å²) in [5, 5.41) is 9.05. The molecule has 0 amide bonds. The quantitative estimate of drug-likeness (QED) is 0.224. The minimum absolute atomic E-state index is 0.332. The predicted octanol–water partition coefficient (Wildman–Crippen LogP) is 6.29. The second-order valence-corrected chi connectivity index (χ2v) is 12.1. The van der Waals surface area contributed by atoms with Crippen molar-refractivity contribution in [3.8, 4) is 0 Å². The van der Waals surface area contributed by atoms with Gasteiger partial charge in [0.25, 0.3) is 0 Å². The molecule has 2 aromatic rings. The first-order valence-electron chi connectivity index (χ1n) is 15.0. The number of benzene rings is 2. The highest BCUT2D eigenvalue weighted by Gasteiger charge is 2.34. The van der Waals surface area contributed by atoms with E-state index in [4.69, 9.17) is 11.1 Å². The van der Waals surface area contributed by atoms with E-state index in [-0.39, 0.29) is 0 Å². The summed E-state index contributed by atoms with van der Waals surface area (Å²) >= 11 is 3.60. The van der Waals surface area contributed by atoms with Gasteiger partial charge in [0.05, 0.1) is 18.6 Å². The van der Waals surface area contributed by atoms with Crippen molar-refractivity contribution in [3.63, 3.8) is 0 Å². The van der Waals surface area contributed by atoms with E-state index in [9.17, 15) is 0 Å². The number of nitrogens with one attached hydrogen (secondary N) is 1. The highest BCUT2D eigenvalue weighted by atomic mass is 79.9. The summed E-state index contributed by atoms with van der Waals surface area (Å²) in [4.78, 5) is 11.5. The molecule has 0 spiro atoms. The van der Waals surface area contributed by atoms with E-state index < -0.39 is 0 Å². The van der Waals surface area contributed by atoms with Crippen molar-refractivity contribution >= 4 is 27.8 Å². The summed E-state index contributed by atoms with van der Waals surface area (Å²) < 4.78 is 1.11. The lowest BCUT2D eigenvalue weighted by Crippen LogP contribution is -2.41. The number of guanidine groups is 2. The van der Waals surface area contributed by atoms with Crippen LogP contribution in [0, 0.1) is 5.41 Å². The standard InChI is InChI=1S/C32H47BrN6/c1-2-3-4-5-10-20-38-29(24-36-31(38)34)17-9-11-19-37-25-30(23-26-13-7-6-8-14-26)39(32(37)35)21-18-27-15-12-16-28(33)22-27/h6-8,12-16,22,29-30,35H,2-5,9-11,17-21,23-25H2,1H3,(H2,34,36)/t29-,30+/m0/s1. The van der Waals surface area contributed by atoms with E-state index >= 15 is 0 Å². The lowest BCUT2D eigenvalue weighted by molar-refractivity contribution is 0.303. The molecule has 7 heteroatoms. The fourth-order valence-corrected chi connectivity index (χ4v) is 6.42. The minimum Gasteiger partial charge on any atom is -0.370 e. The van der Waals surface area contributed by atoms with Crippen molar-refractivity contribution in [3.05, 3.63) is 70.2 Å². The smallest absolute Gasteiger partial charge is 0.194 e. The number of hydrogen-bond donors (Lipinski definition) is 2. The molecule has 4 rings (SSSR count). The molecule has 0 bridgehead atoms. The fourth-order valence-electron chi connectivity index (χ4n) is 5.97. The Morgan fingerprint density at radius 3 is 2.44 bits per heavy atom. The number of unbranched alkanes of at least 4 members (excludes halogenated alkanes) is 5. The molecule has 0 aromatic heterocycles. The largest absolute Gasteiger partial charge is 0.370 e. The number of nitrogens with two attached hydrogens (primary N) is 1. The molecule has 3 N–H and O–H groups in total. The molecule has 0 radical (unpaired) electrons. The van der Waals surface area contributed by atoms with E-state index in [1.54, 1.807) is 0 Å². The Morgan fingerprint density at radius 1 is 0.872 bits per heavy atom. The van der Waals surface area contributed by atoms with E-state index in [1.165, 1.54) is 43.2 Å². The second kappa shape index (κ2) is 15.3. The molecule has 39 heavy (non-hydrogen) atoms. The maximum Gasteiger partial charge on any atom is 0.194 e. The molecule has 0 saturated carbocycles. The molecule has 6 nitrogen and oxygen atoms in total. The van der Waals surface area contributed by atoms with Crippen LogP contribution in [0.5, 0.6) is 0 Å². The number of hydrogen-bond acceptors (Lipinski definition) is 4. The van der Waals surface area contributed by atoms with Crippen LogP contribution in [0.1, 0.15) is 69.4 Å². The van der Waals surface area contributed by atoms with Gasteiger partial charge in [0.2, 0.25) is 0 Å². The zero-order valence-electron chi connectivity index (χ0n) is 23.7. The highest BCUT2D eigenvalue weighted by Crippen LogP contribution is 2.23. The summed E-state index contributed by atoms with van der Waals surface area (Å²) in [6.45, 7) is 6.87. The number of nitrogens with zero attached hydrogens (tertiary/aromatic N) is 4. The Morgan fingerprint density at radius 2 is 1.64 bits per heavy atom. The molecule has 2 atom stereocenters. The van der Waals surface area contributed by atoms with Crippen molar-refractivity contribution in [2.24, 2.45) is 10.7 Å². The van der Waals surface area contributed by atoms with Gasteiger partial charge < -0.3 is 20.4 Å². The van der Waals surface area contributed by atoms with Crippen LogP contribution in [-0.4, -0.2) is 71.4 Å². The van der Waals surface area contributed by atoms with Gasteiger partial charge in [-0.05, 0) is 61.8 Å². The molecular weight excluding hydrogens is 548 g/mol. The van der Waals surface area contributed by atoms with E-state index in [2.05, 4.69) is 97.1 Å². The van der Waals surface area contributed by atoms with Gasteiger partial charge in [-0.25, -0.2) is 0 Å². The molecule has 0 unspecified atom stereocenters. The van der Waals surface area contributed by atoms with Gasteiger partial charge in [-0.3, -0.25) is 10.4 Å². The van der Waals surface area contributed by atoms with Gasteiger partial charge in [0.15, 0.2) is 11.9 Å². The van der Waals surface area contributed by atoms with Gasteiger partial charge in [0.1, 0.15) is 0 Å². The van der Waals surface area contributed by atoms with Crippen molar-refractivity contribution < 1.29 is 0 Å². The molecule has 212 valence electrons. The van der Waals surface area contributed by atoms with Crippen molar-refractivity contribution in [1.82, 2.24) is 14.7 Å². The second-order valence-electron chi connectivity index (χ2n) is 11.1. The molecule has 1 saturated heterocycles. The number of aliphatic imine (C=N–C) groups is 1. The van der Waals surface area contributed by atoms with Gasteiger partial charge in [-0.1, -0.05) is 91.0 Å². The van der Waals surface area contributed by atoms with Gasteiger partial charge in [0, 0.05) is 30.7 Å². The predicted molar refractivity (Wildman–Crippen MR) is 167 cm³/mol. The number of rotatable bonds is 16. The Balaban J connectivity index is 1.27. The highest BCUT2D eigenvalue weighted by molar-refractivity contribution is 9.10. The average molecular weight is 596 g/mol. The normalized spacial score (nSPS) is 19.3. The van der Waals surface area contributed by atoms with Gasteiger partial charge in [-0.2, -0.15) is 0 Å². The third-order valence-corrected chi connectivity index (χ3v) is 8.70. The zero-order chi connectivity index (χ0) is 27.5. The zero-order valence-corrected chi connectivity index (χ0v) is 25.3. The van der Waals surface area contributed by atoms with Crippen LogP contribution in [0.4, 0.5) is 0 Å². The molecule has 0 aliphatic carbocycles. The van der Waals surface area contributed by atoms with Crippen molar-refractivity contribution in [2.45, 2.75) is 83.2 Å². The van der Waals surface area contributed by atoms with E-state index in [0.29, 0.717) is 18.0 Å². The summed E-state index contributed by atoms with van der Waals surface area (Å²) in [5.41, 5.74) is 8.89. The third-order valence-electron chi connectivity index (χ3n) is 8.21. The Bertz CT molecular complexity index is 1060. The maximum absolute atomic E-state index is 9.05. The first kappa shape index (κ1) is 29.4. The number of halogens is 1. The Hall–Kier alpha value is -2.54. The lowest BCUT2D eigenvalue weighted by atomic mass is 10.0. The Labute approximate surface area is 244 Å². The van der Waals surface area contributed by atoms with Crippen LogP contribution in [0.25, 0.3) is 0 Å². The van der Waals surface area contributed by atoms with Crippen LogP contribution in [0.2, 0.25) is 0 Å². The minimum atomic E-state index is 0.332. The molecule has 2 aliphatic rings. The van der Waals surface area contributed by atoms with E-state index in [1.807, 2.05) is 0 Å². The fraction of sp³-hybridized carbons (Fsp3) is 0.562. The van der Waals surface area contributed by atoms with E-state index in [0.717, 1.165) is 75.3 Å². The van der Waals surface area contributed by atoms with Crippen LogP contribution in [0.3, 0.4) is 0 Å². The summed E-state index contributed by atoms with van der Waals surface area (Å²) in [5.74, 6) is 1.43. The molecule has 2 aliphatic heterocycles. The topological polar surface area (TPSA) is 72.0 Å². The van der Waals surface area contributed by atoms with Crippen molar-refractivity contribution in [1.29, 1.82) is 5.41 Å². The lowest BCUT2D eigenvalue weighted by Gasteiger charge is -2.27. The first-order valence-corrected chi connectivity index (χ1v) is 15.8. The third kappa shape index (κ3) is 8.72. The summed E-state index contributed by atoms with van der Waals surface area (Å²) in [6.07, 6.45) is 11.7. The van der Waals surface area contributed by atoms with Crippen LogP contribution >= 0.6 is 15.9 Å². The van der Waals surface area contributed by atoms with Crippen LogP contribution < -0.4 is 5.73 Å². The van der Waals surface area contributed by atoms with Crippen LogP contribution in [-0.2, 0) is 12.8 Å². The van der Waals surface area contributed by atoms with Gasteiger partial charge in [-0.15, -0.1) is 0 Å². The monoisotopic (exact) mass is 594 g/mol. The first-order chi connectivity index (χ1) is 19.0. The summed E-state index contributed by atoms with van der Waals surface area (Å²) in [7, 11) is 0. The molecule has 2 aromatic carbocycles. The van der Waals surface area contributed by atoms with Crippen LogP contribution in [0.15, 0.2) is 64.1 Å². The Kier molecular flexibility index (Phi) is 11.6. The van der Waals surface area contributed by atoms with Gasteiger partial charge >= 0.3 is 0 Å². The molecule has 2 heterocycles. The molecule has 1 fully saturated rings. The SMILES string of the molecule is CCCCCCCN1C(N)=NC[C@@H]1CCCCN1C[C@@H](Cc2ccccc2)N(CCc2cccc(Br)c2)C1=N. The van der Waals surface area contributed by atoms with Crippen molar-refractivity contribution in [2.75, 3.05) is 32.7 Å². The maximum atomic E-state index is 9.05. The molecular formula is C32H47BrN6. The average Bonchev–Trinajstić information content (AvgIpc) is 3.43.